The number of rotatable bonds is 5. The van der Waals surface area contributed by atoms with Gasteiger partial charge < -0.3 is 16.4 Å². The Balaban J connectivity index is 2.59. The van der Waals surface area contributed by atoms with E-state index in [9.17, 15) is 4.79 Å². The second-order valence-corrected chi connectivity index (χ2v) is 4.42. The van der Waals surface area contributed by atoms with Crippen molar-refractivity contribution in [3.63, 3.8) is 0 Å². The van der Waals surface area contributed by atoms with E-state index in [1.807, 2.05) is 31.2 Å². The Kier molecular flexibility index (Phi) is 4.90. The van der Waals surface area contributed by atoms with E-state index >= 15 is 0 Å². The Hall–Kier alpha value is -1.62. The molecule has 0 saturated carbocycles. The smallest absolute Gasteiger partial charge is 0.221 e. The molecule has 0 saturated heterocycles. The fraction of sp³-hybridized carbons (Fsp3) is 0.333. The number of nitrogens with one attached hydrogen (secondary N) is 2. The largest absolute Gasteiger partial charge is 0.393 e. The van der Waals surface area contributed by atoms with Gasteiger partial charge in [-0.15, -0.1) is 0 Å². The summed E-state index contributed by atoms with van der Waals surface area (Å²) in [6.45, 7) is 4.13. The summed E-state index contributed by atoms with van der Waals surface area (Å²) in [6.07, 6.45) is 0. The molecule has 1 atom stereocenters. The number of carbonyl (C=O) groups excluding carboxylic acids is 1. The normalized spacial score (nSPS) is 11.6. The summed E-state index contributed by atoms with van der Waals surface area (Å²) in [7, 11) is 0. The Bertz CT molecular complexity index is 420. The van der Waals surface area contributed by atoms with E-state index < -0.39 is 0 Å². The van der Waals surface area contributed by atoms with Crippen LogP contribution in [0.5, 0.6) is 0 Å². The van der Waals surface area contributed by atoms with Gasteiger partial charge in [0.15, 0.2) is 0 Å². The summed E-state index contributed by atoms with van der Waals surface area (Å²) < 4.78 is 0. The van der Waals surface area contributed by atoms with E-state index in [1.165, 1.54) is 6.92 Å². The lowest BCUT2D eigenvalue weighted by Gasteiger charge is -2.12. The number of benzene rings is 1. The van der Waals surface area contributed by atoms with Crippen LogP contribution >= 0.6 is 12.2 Å². The van der Waals surface area contributed by atoms with E-state index in [0.29, 0.717) is 11.5 Å². The first-order valence-corrected chi connectivity index (χ1v) is 5.80. The molecule has 0 heterocycles. The van der Waals surface area contributed by atoms with Crippen LogP contribution in [-0.4, -0.2) is 17.4 Å². The Morgan fingerprint density at radius 1 is 1.47 bits per heavy atom. The third-order valence-electron chi connectivity index (χ3n) is 2.28. The Labute approximate surface area is 107 Å². The molecule has 5 heteroatoms. The number of thiocarbonyl (C=S) groups is 1. The predicted molar refractivity (Wildman–Crippen MR) is 75.2 cm³/mol. The molecule has 4 N–H and O–H groups in total. The van der Waals surface area contributed by atoms with Gasteiger partial charge in [0, 0.05) is 30.8 Å². The van der Waals surface area contributed by atoms with Gasteiger partial charge in [0.2, 0.25) is 5.91 Å². The molecule has 1 unspecified atom stereocenters. The van der Waals surface area contributed by atoms with Gasteiger partial charge in [0.05, 0.1) is 4.99 Å². The summed E-state index contributed by atoms with van der Waals surface area (Å²) in [6, 6.07) is 7.51. The van der Waals surface area contributed by atoms with E-state index in [4.69, 9.17) is 18.0 Å². The average Bonchev–Trinajstić information content (AvgIpc) is 2.25. The first-order chi connectivity index (χ1) is 7.99. The van der Waals surface area contributed by atoms with Gasteiger partial charge >= 0.3 is 0 Å². The summed E-state index contributed by atoms with van der Waals surface area (Å²) in [5.74, 6) is 0.0491. The molecule has 0 spiro atoms. The molecule has 4 nitrogen and oxygen atoms in total. The van der Waals surface area contributed by atoms with Crippen molar-refractivity contribution < 1.29 is 4.79 Å². The van der Waals surface area contributed by atoms with Gasteiger partial charge in [0.25, 0.3) is 0 Å². The van der Waals surface area contributed by atoms with Crippen LogP contribution in [0.15, 0.2) is 24.3 Å². The maximum Gasteiger partial charge on any atom is 0.221 e. The summed E-state index contributed by atoms with van der Waals surface area (Å²) in [5, 5.41) is 5.95. The van der Waals surface area contributed by atoms with Crippen molar-refractivity contribution in [1.82, 2.24) is 0 Å². The molecule has 0 aliphatic carbocycles. The minimum atomic E-state index is -0.0846. The molecule has 1 aromatic carbocycles. The fourth-order valence-electron chi connectivity index (χ4n) is 1.28. The van der Waals surface area contributed by atoms with Crippen molar-refractivity contribution in [2.24, 2.45) is 11.7 Å². The second kappa shape index (κ2) is 6.20. The van der Waals surface area contributed by atoms with Crippen molar-refractivity contribution in [3.8, 4) is 0 Å². The minimum Gasteiger partial charge on any atom is -0.393 e. The maximum absolute atomic E-state index is 10.9. The van der Waals surface area contributed by atoms with E-state index in [2.05, 4.69) is 10.6 Å². The highest BCUT2D eigenvalue weighted by atomic mass is 32.1. The van der Waals surface area contributed by atoms with Crippen LogP contribution in [0.25, 0.3) is 0 Å². The SMILES string of the molecule is CC(=O)Nc1cccc(NCC(C)C(N)=S)c1. The van der Waals surface area contributed by atoms with Crippen LogP contribution in [-0.2, 0) is 4.79 Å². The van der Waals surface area contributed by atoms with Crippen LogP contribution in [0.2, 0.25) is 0 Å². The Morgan fingerprint density at radius 3 is 2.71 bits per heavy atom. The van der Waals surface area contributed by atoms with Gasteiger partial charge in [-0.05, 0) is 18.2 Å². The van der Waals surface area contributed by atoms with Crippen LogP contribution in [0.3, 0.4) is 0 Å². The lowest BCUT2D eigenvalue weighted by atomic mass is 10.2. The molecular formula is C12H17N3OS. The van der Waals surface area contributed by atoms with Crippen molar-refractivity contribution in [2.75, 3.05) is 17.2 Å². The van der Waals surface area contributed by atoms with Crippen molar-refractivity contribution in [2.45, 2.75) is 13.8 Å². The molecule has 0 aromatic heterocycles. The molecule has 0 bridgehead atoms. The van der Waals surface area contributed by atoms with Gasteiger partial charge in [0.1, 0.15) is 0 Å². The highest BCUT2D eigenvalue weighted by Gasteiger charge is 2.04. The number of hydrogen-bond acceptors (Lipinski definition) is 3. The third kappa shape index (κ3) is 4.82. The quantitative estimate of drug-likeness (QED) is 0.700. The van der Waals surface area contributed by atoms with E-state index in [0.717, 1.165) is 11.4 Å². The number of anilines is 2. The average molecular weight is 251 g/mol. The monoisotopic (exact) mass is 251 g/mol. The zero-order valence-corrected chi connectivity index (χ0v) is 10.8. The van der Waals surface area contributed by atoms with Crippen molar-refractivity contribution in [1.29, 1.82) is 0 Å². The molecular weight excluding hydrogens is 234 g/mol. The van der Waals surface area contributed by atoms with Crippen molar-refractivity contribution in [3.05, 3.63) is 24.3 Å². The van der Waals surface area contributed by atoms with E-state index in [1.54, 1.807) is 0 Å². The Morgan fingerprint density at radius 2 is 2.12 bits per heavy atom. The molecule has 92 valence electrons. The highest BCUT2D eigenvalue weighted by molar-refractivity contribution is 7.80. The molecule has 1 amide bonds. The topological polar surface area (TPSA) is 67.2 Å². The van der Waals surface area contributed by atoms with E-state index in [-0.39, 0.29) is 11.8 Å². The van der Waals surface area contributed by atoms with Gasteiger partial charge in [-0.25, -0.2) is 0 Å². The minimum absolute atomic E-state index is 0.0846. The van der Waals surface area contributed by atoms with Crippen LogP contribution in [0.1, 0.15) is 13.8 Å². The number of amides is 1. The first-order valence-electron chi connectivity index (χ1n) is 5.40. The molecule has 0 fully saturated rings. The molecule has 1 rings (SSSR count). The van der Waals surface area contributed by atoms with Crippen LogP contribution in [0, 0.1) is 5.92 Å². The fourth-order valence-corrected chi connectivity index (χ4v) is 1.37. The van der Waals surface area contributed by atoms with Crippen LogP contribution in [0.4, 0.5) is 11.4 Å². The number of hydrogen-bond donors (Lipinski definition) is 3. The standard InChI is InChI=1S/C12H17N3OS/c1-8(12(13)17)7-14-10-4-3-5-11(6-10)15-9(2)16/h3-6,8,14H,7H2,1-2H3,(H2,13,17)(H,15,16). The van der Waals surface area contributed by atoms with Gasteiger partial charge in [-0.3, -0.25) is 4.79 Å². The second-order valence-electron chi connectivity index (χ2n) is 3.95. The molecule has 1 aromatic rings. The van der Waals surface area contributed by atoms with Gasteiger partial charge in [-0.2, -0.15) is 0 Å². The molecule has 0 radical (unpaired) electrons. The van der Waals surface area contributed by atoms with Gasteiger partial charge in [-0.1, -0.05) is 25.2 Å². The third-order valence-corrected chi connectivity index (χ3v) is 2.68. The zero-order chi connectivity index (χ0) is 12.8. The maximum atomic E-state index is 10.9. The molecule has 0 aliphatic rings. The highest BCUT2D eigenvalue weighted by Crippen LogP contribution is 2.15. The van der Waals surface area contributed by atoms with Crippen LogP contribution < -0.4 is 16.4 Å². The molecule has 0 aliphatic heterocycles. The first kappa shape index (κ1) is 13.4. The predicted octanol–water partition coefficient (Wildman–Crippen LogP) is 1.98. The summed E-state index contributed by atoms with van der Waals surface area (Å²) in [4.78, 5) is 11.4. The lowest BCUT2D eigenvalue weighted by Crippen LogP contribution is -2.25. The van der Waals surface area contributed by atoms with Crippen molar-refractivity contribution >= 4 is 34.5 Å². The molecule has 17 heavy (non-hydrogen) atoms. The zero-order valence-electron chi connectivity index (χ0n) is 9.99. The number of nitrogens with two attached hydrogens (primary N) is 1. The summed E-state index contributed by atoms with van der Waals surface area (Å²) >= 11 is 4.90. The lowest BCUT2D eigenvalue weighted by molar-refractivity contribution is -0.114. The number of carbonyl (C=O) groups is 1. The summed E-state index contributed by atoms with van der Waals surface area (Å²) in [5.41, 5.74) is 7.23.